The van der Waals surface area contributed by atoms with Crippen molar-refractivity contribution in [1.29, 1.82) is 0 Å². The van der Waals surface area contributed by atoms with Gasteiger partial charge in [-0.15, -0.1) is 0 Å². The largest absolute Gasteiger partial charge is 0.467 e. The van der Waals surface area contributed by atoms with Crippen LogP contribution < -0.4 is 15.0 Å². The van der Waals surface area contributed by atoms with Crippen LogP contribution in [0.1, 0.15) is 33.1 Å². The summed E-state index contributed by atoms with van der Waals surface area (Å²) in [4.78, 5) is 15.2. The van der Waals surface area contributed by atoms with Gasteiger partial charge in [0, 0.05) is 19.6 Å². The SMILES string of the molecule is CCCC1CCN(c2nc(NCC)nc(OC)n2)C1. The summed E-state index contributed by atoms with van der Waals surface area (Å²) in [7, 11) is 1.58. The van der Waals surface area contributed by atoms with Crippen LogP contribution in [-0.4, -0.2) is 41.7 Å². The molecule has 0 aliphatic carbocycles. The Hall–Kier alpha value is -1.59. The molecular weight excluding hydrogens is 242 g/mol. The molecule has 1 aliphatic rings. The predicted molar refractivity (Wildman–Crippen MR) is 75.8 cm³/mol. The van der Waals surface area contributed by atoms with Gasteiger partial charge in [0.1, 0.15) is 0 Å². The van der Waals surface area contributed by atoms with Crippen molar-refractivity contribution in [3.63, 3.8) is 0 Å². The zero-order chi connectivity index (χ0) is 13.7. The third kappa shape index (κ3) is 3.45. The van der Waals surface area contributed by atoms with Gasteiger partial charge in [0.15, 0.2) is 0 Å². The summed E-state index contributed by atoms with van der Waals surface area (Å²) in [6.45, 7) is 7.09. The average molecular weight is 265 g/mol. The summed E-state index contributed by atoms with van der Waals surface area (Å²) in [6, 6.07) is 0.375. The number of nitrogens with one attached hydrogen (secondary N) is 1. The van der Waals surface area contributed by atoms with Gasteiger partial charge in [0.2, 0.25) is 11.9 Å². The lowest BCUT2D eigenvalue weighted by Gasteiger charge is -2.17. The highest BCUT2D eigenvalue weighted by molar-refractivity contribution is 5.39. The number of hydrogen-bond donors (Lipinski definition) is 1. The van der Waals surface area contributed by atoms with Crippen LogP contribution in [0.4, 0.5) is 11.9 Å². The molecule has 0 spiro atoms. The van der Waals surface area contributed by atoms with Crippen molar-refractivity contribution in [3.05, 3.63) is 0 Å². The van der Waals surface area contributed by atoms with Crippen molar-refractivity contribution < 1.29 is 4.74 Å². The molecule has 1 atom stereocenters. The van der Waals surface area contributed by atoms with E-state index in [9.17, 15) is 0 Å². The number of methoxy groups -OCH3 is 1. The lowest BCUT2D eigenvalue weighted by Crippen LogP contribution is -2.23. The molecule has 1 unspecified atom stereocenters. The normalized spacial score (nSPS) is 18.7. The Balaban J connectivity index is 2.12. The maximum absolute atomic E-state index is 5.15. The second kappa shape index (κ2) is 6.54. The van der Waals surface area contributed by atoms with Crippen LogP contribution in [0.2, 0.25) is 0 Å². The highest BCUT2D eigenvalue weighted by Crippen LogP contribution is 2.25. The maximum atomic E-state index is 5.15. The summed E-state index contributed by atoms with van der Waals surface area (Å²) >= 11 is 0. The average Bonchev–Trinajstić information content (AvgIpc) is 2.88. The third-order valence-electron chi connectivity index (χ3n) is 3.39. The molecule has 6 heteroatoms. The highest BCUT2D eigenvalue weighted by Gasteiger charge is 2.24. The Bertz CT molecular complexity index is 412. The van der Waals surface area contributed by atoms with Gasteiger partial charge in [0.05, 0.1) is 7.11 Å². The summed E-state index contributed by atoms with van der Waals surface area (Å²) < 4.78 is 5.15. The van der Waals surface area contributed by atoms with Crippen molar-refractivity contribution in [1.82, 2.24) is 15.0 Å². The first-order valence-electron chi connectivity index (χ1n) is 7.05. The van der Waals surface area contributed by atoms with Crippen molar-refractivity contribution in [2.24, 2.45) is 5.92 Å². The van der Waals surface area contributed by atoms with Crippen molar-refractivity contribution in [3.8, 4) is 6.01 Å². The van der Waals surface area contributed by atoms with E-state index in [0.717, 1.165) is 31.5 Å². The van der Waals surface area contributed by atoms with Crippen LogP contribution in [0, 0.1) is 5.92 Å². The minimum atomic E-state index is 0.375. The van der Waals surface area contributed by atoms with Gasteiger partial charge >= 0.3 is 6.01 Å². The standard InChI is InChI=1S/C13H23N5O/c1-4-6-10-7-8-18(9-10)12-15-11(14-5-2)16-13(17-12)19-3/h10H,4-9H2,1-3H3,(H,14,15,16,17). The summed E-state index contributed by atoms with van der Waals surface area (Å²) in [5.74, 6) is 2.07. The van der Waals surface area contributed by atoms with E-state index in [1.807, 2.05) is 6.92 Å². The smallest absolute Gasteiger partial charge is 0.322 e. The number of aromatic nitrogens is 3. The van der Waals surface area contributed by atoms with Gasteiger partial charge < -0.3 is 15.0 Å². The molecule has 1 aliphatic heterocycles. The van der Waals surface area contributed by atoms with E-state index in [0.29, 0.717) is 12.0 Å². The number of rotatable bonds is 6. The van der Waals surface area contributed by atoms with Crippen molar-refractivity contribution in [2.75, 3.05) is 37.0 Å². The fourth-order valence-corrected chi connectivity index (χ4v) is 2.47. The van der Waals surface area contributed by atoms with Gasteiger partial charge in [-0.2, -0.15) is 15.0 Å². The summed E-state index contributed by atoms with van der Waals surface area (Å²) in [5.41, 5.74) is 0. The molecule has 0 radical (unpaired) electrons. The maximum Gasteiger partial charge on any atom is 0.322 e. The molecule has 1 N–H and O–H groups in total. The Morgan fingerprint density at radius 2 is 2.16 bits per heavy atom. The van der Waals surface area contributed by atoms with Crippen LogP contribution in [0.3, 0.4) is 0 Å². The quantitative estimate of drug-likeness (QED) is 0.848. The lowest BCUT2D eigenvalue weighted by molar-refractivity contribution is 0.379. The molecular formula is C13H23N5O. The number of hydrogen-bond acceptors (Lipinski definition) is 6. The summed E-state index contributed by atoms with van der Waals surface area (Å²) in [6.07, 6.45) is 3.73. The van der Waals surface area contributed by atoms with E-state index >= 15 is 0 Å². The Labute approximate surface area is 114 Å². The fraction of sp³-hybridized carbons (Fsp3) is 0.769. The van der Waals surface area contributed by atoms with Crippen LogP contribution >= 0.6 is 0 Å². The first-order chi connectivity index (χ1) is 9.26. The lowest BCUT2D eigenvalue weighted by atomic mass is 10.0. The van der Waals surface area contributed by atoms with Crippen LogP contribution in [0.15, 0.2) is 0 Å². The van der Waals surface area contributed by atoms with Crippen molar-refractivity contribution in [2.45, 2.75) is 33.1 Å². The Kier molecular flexibility index (Phi) is 4.76. The molecule has 1 aromatic heterocycles. The molecule has 0 aromatic carbocycles. The molecule has 1 aromatic rings. The first-order valence-corrected chi connectivity index (χ1v) is 7.05. The van der Waals surface area contributed by atoms with E-state index in [1.165, 1.54) is 19.3 Å². The van der Waals surface area contributed by atoms with E-state index in [4.69, 9.17) is 4.74 Å². The number of nitrogens with zero attached hydrogens (tertiary/aromatic N) is 4. The molecule has 2 rings (SSSR count). The molecule has 0 saturated carbocycles. The van der Waals surface area contributed by atoms with Gasteiger partial charge in [-0.1, -0.05) is 13.3 Å². The molecule has 2 heterocycles. The van der Waals surface area contributed by atoms with Gasteiger partial charge in [-0.25, -0.2) is 0 Å². The zero-order valence-electron chi connectivity index (χ0n) is 12.0. The van der Waals surface area contributed by atoms with Crippen LogP contribution in [-0.2, 0) is 0 Å². The molecule has 0 bridgehead atoms. The molecule has 6 nitrogen and oxygen atoms in total. The van der Waals surface area contributed by atoms with Gasteiger partial charge in [-0.05, 0) is 25.7 Å². The first kappa shape index (κ1) is 13.8. The monoisotopic (exact) mass is 265 g/mol. The van der Waals surface area contributed by atoms with Crippen LogP contribution in [0.5, 0.6) is 6.01 Å². The molecule has 106 valence electrons. The topological polar surface area (TPSA) is 63.2 Å². The number of ether oxygens (including phenoxy) is 1. The minimum absolute atomic E-state index is 0.375. The molecule has 0 amide bonds. The van der Waals surface area contributed by atoms with Gasteiger partial charge in [0.25, 0.3) is 0 Å². The zero-order valence-corrected chi connectivity index (χ0v) is 12.0. The van der Waals surface area contributed by atoms with E-state index in [-0.39, 0.29) is 0 Å². The predicted octanol–water partition coefficient (Wildman–Crippen LogP) is 1.94. The second-order valence-corrected chi connectivity index (χ2v) is 4.87. The number of anilines is 2. The Morgan fingerprint density at radius 3 is 2.84 bits per heavy atom. The second-order valence-electron chi connectivity index (χ2n) is 4.87. The van der Waals surface area contributed by atoms with E-state index < -0.39 is 0 Å². The third-order valence-corrected chi connectivity index (χ3v) is 3.39. The fourth-order valence-electron chi connectivity index (χ4n) is 2.47. The van der Waals surface area contributed by atoms with E-state index in [1.54, 1.807) is 7.11 Å². The van der Waals surface area contributed by atoms with E-state index in [2.05, 4.69) is 32.1 Å². The Morgan fingerprint density at radius 1 is 1.32 bits per heavy atom. The highest BCUT2D eigenvalue weighted by atomic mass is 16.5. The van der Waals surface area contributed by atoms with Crippen molar-refractivity contribution >= 4 is 11.9 Å². The van der Waals surface area contributed by atoms with Gasteiger partial charge in [-0.3, -0.25) is 0 Å². The molecule has 19 heavy (non-hydrogen) atoms. The molecule has 1 saturated heterocycles. The van der Waals surface area contributed by atoms with Crippen LogP contribution in [0.25, 0.3) is 0 Å². The summed E-state index contributed by atoms with van der Waals surface area (Å²) in [5, 5.41) is 3.11. The molecule has 1 fully saturated rings. The minimum Gasteiger partial charge on any atom is -0.467 e.